The predicted molar refractivity (Wildman–Crippen MR) is 174 cm³/mol. The lowest BCUT2D eigenvalue weighted by Gasteiger charge is -2.42. The van der Waals surface area contributed by atoms with Gasteiger partial charge in [-0.15, -0.1) is 6.58 Å². The van der Waals surface area contributed by atoms with Crippen molar-refractivity contribution in [3.63, 3.8) is 0 Å². The van der Waals surface area contributed by atoms with Gasteiger partial charge < -0.3 is 8.85 Å². The summed E-state index contributed by atoms with van der Waals surface area (Å²) in [5, 5.41) is 0.451. The Morgan fingerprint density at radius 1 is 0.595 bits per heavy atom. The molecule has 0 aliphatic rings. The van der Waals surface area contributed by atoms with Gasteiger partial charge in [-0.05, 0) is 55.5 Å². The van der Waals surface area contributed by atoms with Crippen molar-refractivity contribution in [3.05, 3.63) is 12.7 Å². The van der Waals surface area contributed by atoms with Crippen molar-refractivity contribution in [2.45, 2.75) is 200 Å². The average molecular weight is 555 g/mol. The highest BCUT2D eigenvalue weighted by Gasteiger charge is 2.41. The van der Waals surface area contributed by atoms with Crippen LogP contribution in [0.25, 0.3) is 0 Å². The standard InChI is InChI=1S/C33H70O2Si2/c1-13-15-16-17-18-19-20-21-22-23-24-25-26-28-31(35-37(11,12)33(6,7)8)29-30(27-14-2)34-36(9,10)32(3,4)5/h14,30-31H,2,13,15-29H2,1,3-12H3/t30-,31+/m1/s1. The van der Waals surface area contributed by atoms with E-state index in [4.69, 9.17) is 8.85 Å². The molecule has 222 valence electrons. The summed E-state index contributed by atoms with van der Waals surface area (Å²) < 4.78 is 13.9. The lowest BCUT2D eigenvalue weighted by molar-refractivity contribution is 0.0867. The van der Waals surface area contributed by atoms with E-state index in [1.54, 1.807) is 0 Å². The van der Waals surface area contributed by atoms with Gasteiger partial charge in [0.25, 0.3) is 0 Å². The van der Waals surface area contributed by atoms with Crippen molar-refractivity contribution in [2.24, 2.45) is 0 Å². The molecule has 0 radical (unpaired) electrons. The molecule has 0 saturated carbocycles. The van der Waals surface area contributed by atoms with Crippen LogP contribution in [0.3, 0.4) is 0 Å². The lowest BCUT2D eigenvalue weighted by Crippen LogP contribution is -2.47. The fraction of sp³-hybridized carbons (Fsp3) is 0.939. The SMILES string of the molecule is C=CC[C@H](C[C@H](CCCCCCCCCCCCCCC)O[Si](C)(C)C(C)(C)C)O[Si](C)(C)C(C)(C)C. The first-order valence-corrected chi connectivity index (χ1v) is 21.9. The van der Waals surface area contributed by atoms with E-state index in [0.717, 1.165) is 12.8 Å². The first kappa shape index (κ1) is 37.1. The molecule has 37 heavy (non-hydrogen) atoms. The Bertz CT molecular complexity index is 572. The molecule has 0 aliphatic carbocycles. The van der Waals surface area contributed by atoms with Crippen molar-refractivity contribution < 1.29 is 8.85 Å². The summed E-state index contributed by atoms with van der Waals surface area (Å²) in [6.07, 6.45) is 23.9. The monoisotopic (exact) mass is 554 g/mol. The molecule has 2 atom stereocenters. The zero-order valence-corrected chi connectivity index (χ0v) is 29.6. The Balaban J connectivity index is 4.73. The smallest absolute Gasteiger partial charge is 0.192 e. The second-order valence-corrected chi connectivity index (χ2v) is 24.3. The van der Waals surface area contributed by atoms with Crippen LogP contribution in [0, 0.1) is 0 Å². The van der Waals surface area contributed by atoms with E-state index >= 15 is 0 Å². The van der Waals surface area contributed by atoms with Crippen molar-refractivity contribution >= 4 is 16.6 Å². The zero-order valence-electron chi connectivity index (χ0n) is 27.6. The second-order valence-electron chi connectivity index (χ2n) is 14.8. The van der Waals surface area contributed by atoms with Gasteiger partial charge in [0.05, 0.1) is 6.10 Å². The molecular weight excluding hydrogens is 485 g/mol. The molecule has 0 rings (SSSR count). The largest absolute Gasteiger partial charge is 0.414 e. The average Bonchev–Trinajstić information content (AvgIpc) is 2.75. The first-order chi connectivity index (χ1) is 17.1. The molecule has 0 N–H and O–H groups in total. The van der Waals surface area contributed by atoms with E-state index in [2.05, 4.69) is 81.2 Å². The van der Waals surface area contributed by atoms with Crippen molar-refractivity contribution in [1.29, 1.82) is 0 Å². The minimum Gasteiger partial charge on any atom is -0.414 e. The number of unbranched alkanes of at least 4 members (excludes halogenated alkanes) is 12. The van der Waals surface area contributed by atoms with Crippen LogP contribution in [-0.2, 0) is 8.85 Å². The van der Waals surface area contributed by atoms with E-state index in [0.29, 0.717) is 6.10 Å². The van der Waals surface area contributed by atoms with Crippen LogP contribution in [0.15, 0.2) is 12.7 Å². The topological polar surface area (TPSA) is 18.5 Å². The third kappa shape index (κ3) is 16.7. The molecule has 0 saturated heterocycles. The van der Waals surface area contributed by atoms with Crippen LogP contribution in [0.1, 0.15) is 151 Å². The highest BCUT2D eigenvalue weighted by molar-refractivity contribution is 6.74. The summed E-state index contributed by atoms with van der Waals surface area (Å²) in [6.45, 7) is 30.0. The number of hydrogen-bond acceptors (Lipinski definition) is 2. The minimum absolute atomic E-state index is 0.218. The fourth-order valence-corrected chi connectivity index (χ4v) is 7.25. The summed E-state index contributed by atoms with van der Waals surface area (Å²) >= 11 is 0. The third-order valence-electron chi connectivity index (χ3n) is 9.12. The molecule has 0 bridgehead atoms. The quantitative estimate of drug-likeness (QED) is 0.0752. The van der Waals surface area contributed by atoms with Gasteiger partial charge >= 0.3 is 0 Å². The maximum absolute atomic E-state index is 7.03. The Labute approximate surface area is 237 Å². The van der Waals surface area contributed by atoms with Crippen LogP contribution in [0.4, 0.5) is 0 Å². The maximum atomic E-state index is 7.03. The summed E-state index contributed by atoms with van der Waals surface area (Å²) in [5.41, 5.74) is 0. The van der Waals surface area contributed by atoms with Crippen molar-refractivity contribution in [2.75, 3.05) is 0 Å². The van der Waals surface area contributed by atoms with Gasteiger partial charge in [-0.1, -0.05) is 138 Å². The summed E-state index contributed by atoms with van der Waals surface area (Å²) in [4.78, 5) is 0. The molecule has 0 fully saturated rings. The van der Waals surface area contributed by atoms with Gasteiger partial charge in [-0.2, -0.15) is 0 Å². The third-order valence-corrected chi connectivity index (χ3v) is 18.2. The van der Waals surface area contributed by atoms with Crippen molar-refractivity contribution in [1.82, 2.24) is 0 Å². The van der Waals surface area contributed by atoms with Gasteiger partial charge in [0.1, 0.15) is 0 Å². The Hall–Kier alpha value is 0.0938. The number of hydrogen-bond donors (Lipinski definition) is 0. The molecule has 4 heteroatoms. The normalized spacial score (nSPS) is 15.1. The Morgan fingerprint density at radius 2 is 0.946 bits per heavy atom. The zero-order chi connectivity index (χ0) is 28.6. The van der Waals surface area contributed by atoms with Crippen LogP contribution in [0.5, 0.6) is 0 Å². The summed E-state index contributed by atoms with van der Waals surface area (Å²) in [5.74, 6) is 0. The minimum atomic E-state index is -1.83. The van der Waals surface area contributed by atoms with E-state index in [1.807, 2.05) is 6.08 Å². The lowest BCUT2D eigenvalue weighted by atomic mass is 10.0. The Morgan fingerprint density at radius 3 is 1.30 bits per heavy atom. The van der Waals surface area contributed by atoms with Gasteiger partial charge in [0.15, 0.2) is 16.6 Å². The maximum Gasteiger partial charge on any atom is 0.192 e. The summed E-state index contributed by atoms with van der Waals surface area (Å²) in [6, 6.07) is 0. The molecule has 0 aromatic rings. The molecular formula is C33H70O2Si2. The highest BCUT2D eigenvalue weighted by atomic mass is 28.4. The van der Waals surface area contributed by atoms with Gasteiger partial charge in [-0.3, -0.25) is 0 Å². The molecule has 2 nitrogen and oxygen atoms in total. The van der Waals surface area contributed by atoms with E-state index in [1.165, 1.54) is 89.9 Å². The van der Waals surface area contributed by atoms with Crippen LogP contribution in [0.2, 0.25) is 36.3 Å². The highest BCUT2D eigenvalue weighted by Crippen LogP contribution is 2.40. The molecule has 0 amide bonds. The van der Waals surface area contributed by atoms with Gasteiger partial charge in [-0.25, -0.2) is 0 Å². The van der Waals surface area contributed by atoms with E-state index in [-0.39, 0.29) is 16.2 Å². The molecule has 0 aromatic carbocycles. The molecule has 0 unspecified atom stereocenters. The van der Waals surface area contributed by atoms with Crippen LogP contribution in [-0.4, -0.2) is 28.8 Å². The van der Waals surface area contributed by atoms with Gasteiger partial charge in [0.2, 0.25) is 0 Å². The molecule has 0 heterocycles. The predicted octanol–water partition coefficient (Wildman–Crippen LogP) is 12.2. The van der Waals surface area contributed by atoms with Crippen LogP contribution >= 0.6 is 0 Å². The van der Waals surface area contributed by atoms with Gasteiger partial charge in [0, 0.05) is 6.10 Å². The number of rotatable bonds is 22. The van der Waals surface area contributed by atoms with Crippen LogP contribution < -0.4 is 0 Å². The summed E-state index contributed by atoms with van der Waals surface area (Å²) in [7, 11) is -3.66. The molecule has 0 spiro atoms. The van der Waals surface area contributed by atoms with Crippen molar-refractivity contribution in [3.8, 4) is 0 Å². The fourth-order valence-electron chi connectivity index (χ4n) is 4.47. The van der Waals surface area contributed by atoms with E-state index in [9.17, 15) is 0 Å². The molecule has 0 aliphatic heterocycles. The molecule has 0 aromatic heterocycles. The Kier molecular flexibility index (Phi) is 18.5. The second kappa shape index (κ2) is 18.4. The van der Waals surface area contributed by atoms with E-state index < -0.39 is 16.6 Å². The first-order valence-electron chi connectivity index (χ1n) is 16.0.